The van der Waals surface area contributed by atoms with Gasteiger partial charge in [-0.1, -0.05) is 6.92 Å². The molecule has 0 amide bonds. The van der Waals surface area contributed by atoms with Crippen molar-refractivity contribution in [3.05, 3.63) is 50.8 Å². The lowest BCUT2D eigenvalue weighted by atomic mass is 10.4. The zero-order chi connectivity index (χ0) is 17.6. The first-order chi connectivity index (χ1) is 12.2. The molecule has 3 aromatic rings. The summed E-state index contributed by atoms with van der Waals surface area (Å²) in [4.78, 5) is 14.6. The van der Waals surface area contributed by atoms with Crippen LogP contribution in [0.5, 0.6) is 0 Å². The molecule has 132 valence electrons. The lowest BCUT2D eigenvalue weighted by Gasteiger charge is -2.10. The summed E-state index contributed by atoms with van der Waals surface area (Å²) in [6.07, 6.45) is 7.92. The SMILES string of the molecule is CCc1cnc(CCNC(=NC)NCc2cn3cc(Br)ccc3n2)s1. The summed E-state index contributed by atoms with van der Waals surface area (Å²) in [5, 5.41) is 7.78. The van der Waals surface area contributed by atoms with Crippen LogP contribution in [0.1, 0.15) is 22.5 Å². The number of aliphatic imine (C=N–C) groups is 1. The van der Waals surface area contributed by atoms with Crippen LogP contribution in [0, 0.1) is 0 Å². The van der Waals surface area contributed by atoms with Gasteiger partial charge in [0.25, 0.3) is 0 Å². The third-order valence-electron chi connectivity index (χ3n) is 3.71. The number of nitrogens with one attached hydrogen (secondary N) is 2. The summed E-state index contributed by atoms with van der Waals surface area (Å²) in [5.74, 6) is 0.769. The molecule has 25 heavy (non-hydrogen) atoms. The standard InChI is InChI=1S/C17H21BrN6S/c1-3-14-9-21-16(25-14)6-7-20-17(19-2)22-8-13-11-24-10-12(18)4-5-15(24)23-13/h4-5,9-11H,3,6-8H2,1-2H3,(H2,19,20,22). The number of halogens is 1. The van der Waals surface area contributed by atoms with Gasteiger partial charge >= 0.3 is 0 Å². The van der Waals surface area contributed by atoms with Crippen LogP contribution in [0.3, 0.4) is 0 Å². The first-order valence-electron chi connectivity index (χ1n) is 8.19. The Bertz CT molecular complexity index is 869. The molecule has 6 nitrogen and oxygen atoms in total. The van der Waals surface area contributed by atoms with E-state index in [-0.39, 0.29) is 0 Å². The summed E-state index contributed by atoms with van der Waals surface area (Å²) in [6, 6.07) is 3.97. The van der Waals surface area contributed by atoms with Crippen LogP contribution in [0.25, 0.3) is 5.65 Å². The Kier molecular flexibility index (Phi) is 6.04. The first kappa shape index (κ1) is 17.9. The Labute approximate surface area is 159 Å². The second kappa shape index (κ2) is 8.44. The minimum absolute atomic E-state index is 0.621. The Morgan fingerprint density at radius 3 is 2.96 bits per heavy atom. The molecule has 0 saturated heterocycles. The fraction of sp³-hybridized carbons (Fsp3) is 0.353. The van der Waals surface area contributed by atoms with Gasteiger partial charge < -0.3 is 15.0 Å². The van der Waals surface area contributed by atoms with Crippen molar-refractivity contribution in [3.63, 3.8) is 0 Å². The molecule has 0 bridgehead atoms. The van der Waals surface area contributed by atoms with Crippen molar-refractivity contribution in [1.29, 1.82) is 0 Å². The summed E-state index contributed by atoms with van der Waals surface area (Å²) in [7, 11) is 1.77. The van der Waals surface area contributed by atoms with Crippen LogP contribution in [0.4, 0.5) is 0 Å². The predicted octanol–water partition coefficient (Wildman–Crippen LogP) is 3.02. The van der Waals surface area contributed by atoms with E-state index < -0.39 is 0 Å². The van der Waals surface area contributed by atoms with Crippen LogP contribution in [0.15, 0.2) is 40.2 Å². The lowest BCUT2D eigenvalue weighted by molar-refractivity contribution is 0.784. The largest absolute Gasteiger partial charge is 0.356 e. The number of pyridine rings is 1. The molecule has 0 aliphatic heterocycles. The normalized spacial score (nSPS) is 11.9. The van der Waals surface area contributed by atoms with Gasteiger partial charge in [0.15, 0.2) is 5.96 Å². The van der Waals surface area contributed by atoms with E-state index in [9.17, 15) is 0 Å². The number of aromatic nitrogens is 3. The number of guanidine groups is 1. The van der Waals surface area contributed by atoms with E-state index in [0.29, 0.717) is 6.54 Å². The van der Waals surface area contributed by atoms with Gasteiger partial charge in [-0.15, -0.1) is 11.3 Å². The molecule has 0 radical (unpaired) electrons. The second-order valence-electron chi connectivity index (χ2n) is 5.52. The van der Waals surface area contributed by atoms with Crippen molar-refractivity contribution in [2.24, 2.45) is 4.99 Å². The monoisotopic (exact) mass is 420 g/mol. The summed E-state index contributed by atoms with van der Waals surface area (Å²) in [6.45, 7) is 3.57. The van der Waals surface area contributed by atoms with E-state index in [1.165, 1.54) is 4.88 Å². The van der Waals surface area contributed by atoms with Crippen LogP contribution in [-0.2, 0) is 19.4 Å². The van der Waals surface area contributed by atoms with E-state index in [1.807, 2.05) is 35.1 Å². The maximum Gasteiger partial charge on any atom is 0.191 e. The highest BCUT2D eigenvalue weighted by Gasteiger charge is 2.05. The van der Waals surface area contributed by atoms with Crippen molar-refractivity contribution in [1.82, 2.24) is 25.0 Å². The molecule has 0 aliphatic rings. The van der Waals surface area contributed by atoms with Crippen molar-refractivity contribution in [2.75, 3.05) is 13.6 Å². The zero-order valence-electron chi connectivity index (χ0n) is 14.3. The van der Waals surface area contributed by atoms with Gasteiger partial charge in [-0.25, -0.2) is 9.97 Å². The Morgan fingerprint density at radius 1 is 1.32 bits per heavy atom. The molecule has 0 atom stereocenters. The topological polar surface area (TPSA) is 66.6 Å². The highest BCUT2D eigenvalue weighted by molar-refractivity contribution is 9.10. The van der Waals surface area contributed by atoms with Crippen molar-refractivity contribution in [3.8, 4) is 0 Å². The van der Waals surface area contributed by atoms with Crippen LogP contribution in [0.2, 0.25) is 0 Å². The average molecular weight is 421 g/mol. The minimum Gasteiger partial charge on any atom is -0.356 e. The molecule has 3 aromatic heterocycles. The number of hydrogen-bond acceptors (Lipinski definition) is 4. The highest BCUT2D eigenvalue weighted by Crippen LogP contribution is 2.13. The third kappa shape index (κ3) is 4.79. The number of imidazole rings is 1. The summed E-state index contributed by atoms with van der Waals surface area (Å²) in [5.41, 5.74) is 1.90. The number of aryl methyl sites for hydroxylation is 1. The van der Waals surface area contributed by atoms with Gasteiger partial charge in [0, 0.05) is 48.0 Å². The van der Waals surface area contributed by atoms with Crippen molar-refractivity contribution < 1.29 is 0 Å². The molecule has 3 heterocycles. The second-order valence-corrected chi connectivity index (χ2v) is 7.64. The van der Waals surface area contributed by atoms with E-state index in [0.717, 1.165) is 46.2 Å². The number of thiazole rings is 1. The highest BCUT2D eigenvalue weighted by atomic mass is 79.9. The smallest absolute Gasteiger partial charge is 0.191 e. The molecule has 3 rings (SSSR count). The molecule has 0 spiro atoms. The summed E-state index contributed by atoms with van der Waals surface area (Å²) < 4.78 is 3.04. The average Bonchev–Trinajstić information content (AvgIpc) is 3.23. The van der Waals surface area contributed by atoms with Gasteiger partial charge in [0.1, 0.15) is 5.65 Å². The molecule has 0 aliphatic carbocycles. The molecular weight excluding hydrogens is 400 g/mol. The lowest BCUT2D eigenvalue weighted by Crippen LogP contribution is -2.37. The van der Waals surface area contributed by atoms with E-state index in [4.69, 9.17) is 0 Å². The summed E-state index contributed by atoms with van der Waals surface area (Å²) >= 11 is 5.25. The zero-order valence-corrected chi connectivity index (χ0v) is 16.7. The molecule has 0 fully saturated rings. The number of fused-ring (bicyclic) bond motifs is 1. The molecular formula is C17H21BrN6S. The fourth-order valence-electron chi connectivity index (χ4n) is 2.41. The fourth-order valence-corrected chi connectivity index (χ4v) is 3.63. The molecule has 2 N–H and O–H groups in total. The molecule has 0 aromatic carbocycles. The van der Waals surface area contributed by atoms with Gasteiger partial charge in [-0.2, -0.15) is 0 Å². The van der Waals surface area contributed by atoms with E-state index in [2.05, 4.69) is 48.4 Å². The van der Waals surface area contributed by atoms with Crippen LogP contribution < -0.4 is 10.6 Å². The number of rotatable bonds is 6. The molecule has 0 saturated carbocycles. The molecule has 0 unspecified atom stereocenters. The Morgan fingerprint density at radius 2 is 2.20 bits per heavy atom. The third-order valence-corrected chi connectivity index (χ3v) is 5.38. The van der Waals surface area contributed by atoms with Crippen molar-refractivity contribution >= 4 is 38.9 Å². The maximum absolute atomic E-state index is 4.59. The number of nitrogens with zero attached hydrogens (tertiary/aromatic N) is 4. The van der Waals surface area contributed by atoms with Gasteiger partial charge in [0.2, 0.25) is 0 Å². The van der Waals surface area contributed by atoms with Gasteiger partial charge in [-0.3, -0.25) is 4.99 Å². The Hall–Kier alpha value is -1.93. The quantitative estimate of drug-likeness (QED) is 0.475. The Balaban J connectivity index is 1.49. The molecule has 8 heteroatoms. The predicted molar refractivity (Wildman–Crippen MR) is 106 cm³/mol. The van der Waals surface area contributed by atoms with Crippen molar-refractivity contribution in [2.45, 2.75) is 26.3 Å². The minimum atomic E-state index is 0.621. The number of hydrogen-bond donors (Lipinski definition) is 2. The van der Waals surface area contributed by atoms with Gasteiger partial charge in [-0.05, 0) is 34.5 Å². The first-order valence-corrected chi connectivity index (χ1v) is 9.80. The van der Waals surface area contributed by atoms with E-state index in [1.54, 1.807) is 18.4 Å². The van der Waals surface area contributed by atoms with Gasteiger partial charge in [0.05, 0.1) is 17.2 Å². The van der Waals surface area contributed by atoms with E-state index >= 15 is 0 Å². The van der Waals surface area contributed by atoms with Crippen LogP contribution in [-0.4, -0.2) is 33.9 Å². The van der Waals surface area contributed by atoms with Crippen LogP contribution >= 0.6 is 27.3 Å². The maximum atomic E-state index is 4.59.